The van der Waals surface area contributed by atoms with E-state index in [9.17, 15) is 8.42 Å². The fourth-order valence-corrected chi connectivity index (χ4v) is 3.57. The van der Waals surface area contributed by atoms with Crippen molar-refractivity contribution in [1.29, 1.82) is 0 Å². The number of anilines is 1. The first kappa shape index (κ1) is 18.9. The smallest absolute Gasteiger partial charge is 0.214 e. The van der Waals surface area contributed by atoms with Gasteiger partial charge in [0, 0.05) is 33.4 Å². The molecule has 0 saturated carbocycles. The Morgan fingerprint density at radius 3 is 2.64 bits per heavy atom. The maximum Gasteiger partial charge on any atom is 0.214 e. The van der Waals surface area contributed by atoms with Crippen LogP contribution in [0.3, 0.4) is 0 Å². The average molecular weight is 329 g/mol. The molecule has 0 fully saturated rings. The minimum Gasteiger partial charge on any atom is -0.380 e. The van der Waals surface area contributed by atoms with Gasteiger partial charge in [-0.05, 0) is 24.5 Å². The van der Waals surface area contributed by atoms with E-state index in [1.165, 1.54) is 0 Å². The molecule has 0 aliphatic heterocycles. The molecule has 126 valence electrons. The SMILES string of the molecule is COC(CS(=O)(=O)NCCCN(C)c1ccccn1)C(C)C. The van der Waals surface area contributed by atoms with Crippen molar-refractivity contribution < 1.29 is 13.2 Å². The number of methoxy groups -OCH3 is 1. The molecule has 0 aliphatic carbocycles. The highest BCUT2D eigenvalue weighted by atomic mass is 32.2. The van der Waals surface area contributed by atoms with Gasteiger partial charge in [-0.25, -0.2) is 18.1 Å². The van der Waals surface area contributed by atoms with Gasteiger partial charge in [0.2, 0.25) is 10.0 Å². The lowest BCUT2D eigenvalue weighted by Gasteiger charge is -2.20. The van der Waals surface area contributed by atoms with Gasteiger partial charge in [-0.15, -0.1) is 0 Å². The van der Waals surface area contributed by atoms with Gasteiger partial charge >= 0.3 is 0 Å². The Morgan fingerprint density at radius 1 is 1.36 bits per heavy atom. The maximum atomic E-state index is 12.0. The Bertz CT molecular complexity index is 520. The summed E-state index contributed by atoms with van der Waals surface area (Å²) >= 11 is 0. The molecule has 1 aromatic heterocycles. The molecule has 1 N–H and O–H groups in total. The molecule has 22 heavy (non-hydrogen) atoms. The summed E-state index contributed by atoms with van der Waals surface area (Å²) in [6.07, 6.45) is 2.17. The summed E-state index contributed by atoms with van der Waals surface area (Å²) < 4.78 is 31.8. The zero-order valence-corrected chi connectivity index (χ0v) is 14.6. The molecular formula is C15H27N3O3S. The van der Waals surface area contributed by atoms with Gasteiger partial charge in [0.1, 0.15) is 5.82 Å². The third-order valence-electron chi connectivity index (χ3n) is 3.46. The van der Waals surface area contributed by atoms with Crippen molar-refractivity contribution in [2.24, 2.45) is 5.92 Å². The molecule has 1 atom stereocenters. The van der Waals surface area contributed by atoms with Crippen LogP contribution in [0.2, 0.25) is 0 Å². The first-order valence-electron chi connectivity index (χ1n) is 7.48. The molecule has 0 spiro atoms. The van der Waals surface area contributed by atoms with Crippen LogP contribution in [0.25, 0.3) is 0 Å². The summed E-state index contributed by atoms with van der Waals surface area (Å²) in [6.45, 7) is 5.04. The highest BCUT2D eigenvalue weighted by molar-refractivity contribution is 7.89. The quantitative estimate of drug-likeness (QED) is 0.659. The Kier molecular flexibility index (Phi) is 7.78. The molecule has 1 unspecified atom stereocenters. The number of ether oxygens (including phenoxy) is 1. The number of rotatable bonds is 10. The third kappa shape index (κ3) is 6.72. The number of sulfonamides is 1. The highest BCUT2D eigenvalue weighted by Crippen LogP contribution is 2.08. The summed E-state index contributed by atoms with van der Waals surface area (Å²) in [7, 11) is 0.175. The van der Waals surface area contributed by atoms with Crippen molar-refractivity contribution in [3.05, 3.63) is 24.4 Å². The van der Waals surface area contributed by atoms with Crippen LogP contribution in [-0.2, 0) is 14.8 Å². The summed E-state index contributed by atoms with van der Waals surface area (Å²) in [6, 6.07) is 5.72. The van der Waals surface area contributed by atoms with E-state index in [1.807, 2.05) is 44.0 Å². The number of aromatic nitrogens is 1. The Hall–Kier alpha value is -1.18. The van der Waals surface area contributed by atoms with Gasteiger partial charge in [0.05, 0.1) is 11.9 Å². The maximum absolute atomic E-state index is 12.0. The van der Waals surface area contributed by atoms with Gasteiger partial charge in [-0.1, -0.05) is 19.9 Å². The van der Waals surface area contributed by atoms with Crippen LogP contribution in [0.1, 0.15) is 20.3 Å². The van der Waals surface area contributed by atoms with E-state index < -0.39 is 10.0 Å². The molecule has 7 heteroatoms. The molecular weight excluding hydrogens is 302 g/mol. The van der Waals surface area contributed by atoms with Crippen LogP contribution in [-0.4, -0.2) is 52.5 Å². The topological polar surface area (TPSA) is 71.5 Å². The lowest BCUT2D eigenvalue weighted by molar-refractivity contribution is 0.0826. The van der Waals surface area contributed by atoms with E-state index >= 15 is 0 Å². The summed E-state index contributed by atoms with van der Waals surface area (Å²) in [5, 5.41) is 0. The number of hydrogen-bond acceptors (Lipinski definition) is 5. The molecule has 0 saturated heterocycles. The summed E-state index contributed by atoms with van der Waals surface area (Å²) in [4.78, 5) is 6.25. The second kappa shape index (κ2) is 9.07. The van der Waals surface area contributed by atoms with Crippen molar-refractivity contribution >= 4 is 15.8 Å². The molecule has 6 nitrogen and oxygen atoms in total. The number of nitrogens with zero attached hydrogens (tertiary/aromatic N) is 2. The third-order valence-corrected chi connectivity index (χ3v) is 4.87. The molecule has 0 amide bonds. The van der Waals surface area contributed by atoms with Gasteiger partial charge < -0.3 is 9.64 Å². The predicted octanol–water partition coefficient (Wildman–Crippen LogP) is 1.50. The van der Waals surface area contributed by atoms with E-state index in [4.69, 9.17) is 4.74 Å². The average Bonchev–Trinajstić information content (AvgIpc) is 2.49. The molecule has 1 heterocycles. The highest BCUT2D eigenvalue weighted by Gasteiger charge is 2.21. The number of nitrogens with one attached hydrogen (secondary N) is 1. The monoisotopic (exact) mass is 329 g/mol. The van der Waals surface area contributed by atoms with Crippen molar-refractivity contribution in [3.8, 4) is 0 Å². The van der Waals surface area contributed by atoms with Crippen LogP contribution in [0, 0.1) is 5.92 Å². The zero-order valence-electron chi connectivity index (χ0n) is 13.8. The lowest BCUT2D eigenvalue weighted by Crippen LogP contribution is -2.36. The van der Waals surface area contributed by atoms with Crippen LogP contribution in [0.15, 0.2) is 24.4 Å². The minimum atomic E-state index is -3.31. The van der Waals surface area contributed by atoms with Crippen LogP contribution < -0.4 is 9.62 Å². The molecule has 1 aromatic rings. The zero-order chi connectivity index (χ0) is 16.6. The Balaban J connectivity index is 2.34. The van der Waals surface area contributed by atoms with E-state index in [0.29, 0.717) is 13.0 Å². The Morgan fingerprint density at radius 2 is 2.09 bits per heavy atom. The normalized spacial score (nSPS) is 13.3. The van der Waals surface area contributed by atoms with Crippen molar-refractivity contribution in [2.45, 2.75) is 26.4 Å². The van der Waals surface area contributed by atoms with Crippen LogP contribution in [0.5, 0.6) is 0 Å². The van der Waals surface area contributed by atoms with E-state index in [1.54, 1.807) is 13.3 Å². The molecule has 0 aromatic carbocycles. The summed E-state index contributed by atoms with van der Waals surface area (Å²) in [5.74, 6) is 1.04. The van der Waals surface area contributed by atoms with Crippen LogP contribution in [0.4, 0.5) is 5.82 Å². The van der Waals surface area contributed by atoms with E-state index in [0.717, 1.165) is 12.4 Å². The molecule has 0 radical (unpaired) electrons. The Labute approximate surface area is 133 Å². The first-order valence-corrected chi connectivity index (χ1v) is 9.13. The second-order valence-corrected chi connectivity index (χ2v) is 7.51. The fourth-order valence-electron chi connectivity index (χ4n) is 2.05. The standard InChI is InChI=1S/C15H27N3O3S/c1-13(2)14(21-4)12-22(19,20)17-10-7-11-18(3)15-8-5-6-9-16-15/h5-6,8-9,13-14,17H,7,10-12H2,1-4H3. The first-order chi connectivity index (χ1) is 10.4. The van der Waals surface area contributed by atoms with Gasteiger partial charge in [-0.2, -0.15) is 0 Å². The van der Waals surface area contributed by atoms with Crippen LogP contribution >= 0.6 is 0 Å². The van der Waals surface area contributed by atoms with Gasteiger partial charge in [0.15, 0.2) is 0 Å². The largest absolute Gasteiger partial charge is 0.380 e. The van der Waals surface area contributed by atoms with Gasteiger partial charge in [-0.3, -0.25) is 0 Å². The van der Waals surface area contributed by atoms with Crippen molar-refractivity contribution in [1.82, 2.24) is 9.71 Å². The molecule has 0 aliphatic rings. The summed E-state index contributed by atoms with van der Waals surface area (Å²) in [5.41, 5.74) is 0. The second-order valence-electron chi connectivity index (χ2n) is 5.66. The molecule has 0 bridgehead atoms. The lowest BCUT2D eigenvalue weighted by atomic mass is 10.1. The van der Waals surface area contributed by atoms with Gasteiger partial charge in [0.25, 0.3) is 0 Å². The number of hydrogen-bond donors (Lipinski definition) is 1. The van der Waals surface area contributed by atoms with Crippen molar-refractivity contribution in [2.75, 3.05) is 37.9 Å². The minimum absolute atomic E-state index is 0.00273. The van der Waals surface area contributed by atoms with E-state index in [2.05, 4.69) is 9.71 Å². The fraction of sp³-hybridized carbons (Fsp3) is 0.667. The predicted molar refractivity (Wildman–Crippen MR) is 89.5 cm³/mol. The number of pyridine rings is 1. The van der Waals surface area contributed by atoms with Crippen molar-refractivity contribution in [3.63, 3.8) is 0 Å². The van der Waals surface area contributed by atoms with E-state index in [-0.39, 0.29) is 17.8 Å². The molecule has 1 rings (SSSR count).